The number of nitrogens with one attached hydrogen (secondary N) is 2. The van der Waals surface area contributed by atoms with E-state index in [2.05, 4.69) is 20.8 Å². The third kappa shape index (κ3) is 5.60. The molecule has 0 saturated heterocycles. The van der Waals surface area contributed by atoms with Crippen LogP contribution in [-0.4, -0.2) is 32.3 Å². The summed E-state index contributed by atoms with van der Waals surface area (Å²) in [5.41, 5.74) is 3.26. The van der Waals surface area contributed by atoms with Crippen molar-refractivity contribution in [2.45, 2.75) is 12.1 Å². The van der Waals surface area contributed by atoms with Crippen LogP contribution in [-0.2, 0) is 4.79 Å². The van der Waals surface area contributed by atoms with Gasteiger partial charge in [-0.15, -0.1) is 10.2 Å². The molecule has 2 N–H and O–H groups in total. The van der Waals surface area contributed by atoms with Crippen LogP contribution in [0.15, 0.2) is 84.3 Å². The molecule has 0 unspecified atom stereocenters. The first-order valence-electron chi connectivity index (χ1n) is 10.1. The highest BCUT2D eigenvalue weighted by molar-refractivity contribution is 7.99. The maximum Gasteiger partial charge on any atom is 0.257 e. The molecule has 1 aromatic heterocycles. The predicted molar refractivity (Wildman–Crippen MR) is 131 cm³/mol. The van der Waals surface area contributed by atoms with Gasteiger partial charge in [-0.1, -0.05) is 59.8 Å². The van der Waals surface area contributed by atoms with Crippen molar-refractivity contribution in [1.29, 1.82) is 0 Å². The quantitative estimate of drug-likeness (QED) is 0.356. The number of carbonyl (C=O) groups is 2. The normalized spacial score (nSPS) is 10.6. The van der Waals surface area contributed by atoms with Crippen molar-refractivity contribution >= 4 is 46.6 Å². The van der Waals surface area contributed by atoms with E-state index < -0.39 is 0 Å². The van der Waals surface area contributed by atoms with Gasteiger partial charge in [-0.2, -0.15) is 0 Å². The molecule has 0 aliphatic rings. The number of para-hydroxylation sites is 2. The number of carbonyl (C=O) groups excluding carboxylic acids is 2. The zero-order valence-corrected chi connectivity index (χ0v) is 19.2. The highest BCUT2D eigenvalue weighted by atomic mass is 35.5. The van der Waals surface area contributed by atoms with E-state index in [-0.39, 0.29) is 17.6 Å². The fourth-order valence-corrected chi connectivity index (χ4v) is 3.96. The van der Waals surface area contributed by atoms with Crippen molar-refractivity contribution in [3.63, 3.8) is 0 Å². The molecule has 33 heavy (non-hydrogen) atoms. The number of aromatic nitrogens is 3. The van der Waals surface area contributed by atoms with E-state index in [9.17, 15) is 9.59 Å². The summed E-state index contributed by atoms with van der Waals surface area (Å²) in [6.45, 7) is 1.93. The second-order valence-electron chi connectivity index (χ2n) is 7.12. The van der Waals surface area contributed by atoms with Crippen molar-refractivity contribution in [2.24, 2.45) is 0 Å². The van der Waals surface area contributed by atoms with Gasteiger partial charge in [-0.05, 0) is 48.9 Å². The molecule has 0 radical (unpaired) electrons. The maximum absolute atomic E-state index is 12.7. The Balaban J connectivity index is 1.42. The number of thioether (sulfide) groups is 1. The van der Waals surface area contributed by atoms with E-state index in [1.165, 1.54) is 11.8 Å². The van der Waals surface area contributed by atoms with Crippen molar-refractivity contribution < 1.29 is 9.59 Å². The molecule has 9 heteroatoms. The Morgan fingerprint density at radius 3 is 2.55 bits per heavy atom. The smallest absolute Gasteiger partial charge is 0.257 e. The first-order valence-corrected chi connectivity index (χ1v) is 11.4. The molecular weight excluding hydrogens is 458 g/mol. The lowest BCUT2D eigenvalue weighted by molar-refractivity contribution is -0.113. The topological polar surface area (TPSA) is 88.9 Å². The van der Waals surface area contributed by atoms with Crippen LogP contribution in [0.4, 0.5) is 11.4 Å². The molecule has 0 saturated carbocycles. The van der Waals surface area contributed by atoms with Crippen LogP contribution in [0.1, 0.15) is 15.9 Å². The Bertz CT molecular complexity index is 1290. The van der Waals surface area contributed by atoms with Gasteiger partial charge in [0.2, 0.25) is 5.91 Å². The number of aryl methyl sites for hydroxylation is 1. The van der Waals surface area contributed by atoms with Crippen LogP contribution in [0.2, 0.25) is 5.02 Å². The summed E-state index contributed by atoms with van der Waals surface area (Å²) in [5.74, 6) is -0.482. The van der Waals surface area contributed by atoms with Crippen molar-refractivity contribution in [2.75, 3.05) is 16.4 Å². The summed E-state index contributed by atoms with van der Waals surface area (Å²) in [4.78, 5) is 25.4. The van der Waals surface area contributed by atoms with Gasteiger partial charge in [0.15, 0.2) is 5.16 Å². The highest BCUT2D eigenvalue weighted by Crippen LogP contribution is 2.24. The SMILES string of the molecule is Cc1ccc(-n2cnnc2SCC(=O)Nc2ccccc2C(=O)Nc2ccccc2)cc1Cl. The van der Waals surface area contributed by atoms with E-state index in [4.69, 9.17) is 11.6 Å². The average molecular weight is 478 g/mol. The third-order valence-corrected chi connectivity index (χ3v) is 6.11. The van der Waals surface area contributed by atoms with Gasteiger partial charge in [-0.3, -0.25) is 14.2 Å². The Morgan fingerprint density at radius 1 is 1.00 bits per heavy atom. The molecule has 0 spiro atoms. The molecule has 0 atom stereocenters. The summed E-state index contributed by atoms with van der Waals surface area (Å²) >= 11 is 7.47. The average Bonchev–Trinajstić information content (AvgIpc) is 3.29. The van der Waals surface area contributed by atoms with Gasteiger partial charge in [0.25, 0.3) is 5.91 Å². The molecular formula is C24H20ClN5O2S. The largest absolute Gasteiger partial charge is 0.325 e. The second kappa shape index (κ2) is 10.3. The first kappa shape index (κ1) is 22.6. The molecule has 3 aromatic carbocycles. The fourth-order valence-electron chi connectivity index (χ4n) is 3.06. The zero-order chi connectivity index (χ0) is 23.2. The van der Waals surface area contributed by atoms with E-state index in [1.54, 1.807) is 47.3 Å². The molecule has 1 heterocycles. The summed E-state index contributed by atoms with van der Waals surface area (Å²) in [6.07, 6.45) is 1.57. The Morgan fingerprint density at radius 2 is 1.76 bits per heavy atom. The van der Waals surface area contributed by atoms with Crippen LogP contribution >= 0.6 is 23.4 Å². The molecule has 0 aliphatic carbocycles. The molecule has 166 valence electrons. The van der Waals surface area contributed by atoms with Gasteiger partial charge < -0.3 is 10.6 Å². The summed E-state index contributed by atoms with van der Waals surface area (Å²) in [7, 11) is 0. The molecule has 0 aliphatic heterocycles. The number of amides is 2. The maximum atomic E-state index is 12.7. The Labute approximate surface area is 200 Å². The van der Waals surface area contributed by atoms with Crippen molar-refractivity contribution in [1.82, 2.24) is 14.8 Å². The number of anilines is 2. The Hall–Kier alpha value is -3.62. The van der Waals surface area contributed by atoms with E-state index >= 15 is 0 Å². The number of hydrogen-bond acceptors (Lipinski definition) is 5. The number of halogens is 1. The first-order chi connectivity index (χ1) is 16.0. The minimum atomic E-state index is -0.305. The zero-order valence-electron chi connectivity index (χ0n) is 17.7. The van der Waals surface area contributed by atoms with Gasteiger partial charge in [-0.25, -0.2) is 0 Å². The lowest BCUT2D eigenvalue weighted by Gasteiger charge is -2.12. The third-order valence-electron chi connectivity index (χ3n) is 4.76. The molecule has 2 amide bonds. The predicted octanol–water partition coefficient (Wildman–Crippen LogP) is 5.21. The van der Waals surface area contributed by atoms with Crippen molar-refractivity contribution in [3.05, 3.63) is 95.3 Å². The van der Waals surface area contributed by atoms with Gasteiger partial charge in [0.1, 0.15) is 6.33 Å². The van der Waals surface area contributed by atoms with Crippen LogP contribution in [0.5, 0.6) is 0 Å². The fraction of sp³-hybridized carbons (Fsp3) is 0.0833. The van der Waals surface area contributed by atoms with Gasteiger partial charge in [0, 0.05) is 10.7 Å². The van der Waals surface area contributed by atoms with E-state index in [0.717, 1.165) is 11.3 Å². The Kier molecular flexibility index (Phi) is 7.07. The minimum Gasteiger partial charge on any atom is -0.325 e. The summed E-state index contributed by atoms with van der Waals surface area (Å²) in [5, 5.41) is 14.9. The van der Waals surface area contributed by atoms with Gasteiger partial charge >= 0.3 is 0 Å². The van der Waals surface area contributed by atoms with E-state index in [1.807, 2.05) is 43.3 Å². The molecule has 4 aromatic rings. The standard InChI is InChI=1S/C24H20ClN5O2S/c1-16-11-12-18(13-20(16)25)30-15-26-29-24(30)33-14-22(31)28-21-10-6-5-9-19(21)23(32)27-17-7-3-2-4-8-17/h2-13,15H,14H2,1H3,(H,27,32)(H,28,31). The molecule has 4 rings (SSSR count). The number of nitrogens with zero attached hydrogens (tertiary/aromatic N) is 3. The number of hydrogen-bond donors (Lipinski definition) is 2. The van der Waals surface area contributed by atoms with Crippen LogP contribution in [0.25, 0.3) is 5.69 Å². The number of benzene rings is 3. The van der Waals surface area contributed by atoms with Crippen LogP contribution < -0.4 is 10.6 Å². The van der Waals surface area contributed by atoms with Gasteiger partial charge in [0.05, 0.1) is 22.7 Å². The minimum absolute atomic E-state index is 0.0902. The lowest BCUT2D eigenvalue weighted by Crippen LogP contribution is -2.19. The summed E-state index contributed by atoms with van der Waals surface area (Å²) in [6, 6.07) is 21.7. The van der Waals surface area contributed by atoms with Crippen LogP contribution in [0, 0.1) is 6.92 Å². The summed E-state index contributed by atoms with van der Waals surface area (Å²) < 4.78 is 1.77. The highest BCUT2D eigenvalue weighted by Gasteiger charge is 2.15. The lowest BCUT2D eigenvalue weighted by atomic mass is 10.1. The molecule has 7 nitrogen and oxygen atoms in total. The van der Waals surface area contributed by atoms with E-state index in [0.29, 0.717) is 27.1 Å². The second-order valence-corrected chi connectivity index (χ2v) is 8.47. The monoisotopic (exact) mass is 477 g/mol. The molecule has 0 fully saturated rings. The van der Waals surface area contributed by atoms with Crippen molar-refractivity contribution in [3.8, 4) is 5.69 Å². The molecule has 0 bridgehead atoms. The number of rotatable bonds is 7. The van der Waals surface area contributed by atoms with Crippen LogP contribution in [0.3, 0.4) is 0 Å².